The number of hydrogen-bond donors (Lipinski definition) is 2. The van der Waals surface area contributed by atoms with E-state index in [1.165, 1.54) is 28.5 Å². The number of para-hydroxylation sites is 1. The number of hydrogen-bond acceptors (Lipinski definition) is 5. The Kier molecular flexibility index (Phi) is 5.29. The molecule has 150 valence electrons. The van der Waals surface area contributed by atoms with Crippen LogP contribution in [0.4, 0.5) is 5.00 Å². The van der Waals surface area contributed by atoms with Crippen molar-refractivity contribution in [3.63, 3.8) is 0 Å². The highest BCUT2D eigenvalue weighted by Gasteiger charge is 2.18. The summed E-state index contributed by atoms with van der Waals surface area (Å²) in [5.74, 6) is -1.01. The summed E-state index contributed by atoms with van der Waals surface area (Å²) in [6, 6.07) is 16.9. The number of nitrogens with zero attached hydrogens (tertiary/aromatic N) is 2. The molecule has 6 nitrogen and oxygen atoms in total. The van der Waals surface area contributed by atoms with E-state index in [2.05, 4.69) is 46.5 Å². The van der Waals surface area contributed by atoms with Crippen LogP contribution in [0.1, 0.15) is 42.7 Å². The second kappa shape index (κ2) is 8.04. The lowest BCUT2D eigenvalue weighted by Gasteiger charge is -2.08. The number of fused-ring (bicyclic) bond motifs is 1. The summed E-state index contributed by atoms with van der Waals surface area (Å²) < 4.78 is 0. The molecule has 0 spiro atoms. The second-order valence-electron chi connectivity index (χ2n) is 7.08. The van der Waals surface area contributed by atoms with Crippen molar-refractivity contribution in [2.75, 3.05) is 5.32 Å². The molecule has 0 fully saturated rings. The van der Waals surface area contributed by atoms with Crippen molar-refractivity contribution in [3.05, 3.63) is 87.7 Å². The lowest BCUT2D eigenvalue weighted by Crippen LogP contribution is -2.17. The molecule has 0 atom stereocenters. The van der Waals surface area contributed by atoms with Gasteiger partial charge in [-0.1, -0.05) is 48.0 Å². The van der Waals surface area contributed by atoms with Crippen molar-refractivity contribution < 1.29 is 9.59 Å². The quantitative estimate of drug-likeness (QED) is 0.508. The number of thiazole rings is 1. The fourth-order valence-electron chi connectivity index (χ4n) is 3.18. The predicted octanol–water partition coefficient (Wildman–Crippen LogP) is 4.25. The normalized spacial score (nSPS) is 10.9. The molecule has 0 aliphatic rings. The Balaban J connectivity index is 1.62. The summed E-state index contributed by atoms with van der Waals surface area (Å²) in [4.78, 5) is 33.5. The van der Waals surface area contributed by atoms with Crippen LogP contribution in [-0.4, -0.2) is 21.8 Å². The van der Waals surface area contributed by atoms with Gasteiger partial charge in [0.05, 0.1) is 21.8 Å². The minimum atomic E-state index is -0.677. The van der Waals surface area contributed by atoms with Crippen molar-refractivity contribution in [2.45, 2.75) is 20.3 Å². The summed E-state index contributed by atoms with van der Waals surface area (Å²) in [6.45, 7) is 3.92. The van der Waals surface area contributed by atoms with Crippen molar-refractivity contribution in [3.8, 4) is 0 Å². The van der Waals surface area contributed by atoms with Crippen LogP contribution in [0.2, 0.25) is 0 Å². The summed E-state index contributed by atoms with van der Waals surface area (Å²) in [5.41, 5.74) is 9.47. The fourth-order valence-corrected chi connectivity index (χ4v) is 4.18. The van der Waals surface area contributed by atoms with Crippen LogP contribution >= 0.6 is 11.3 Å². The maximum absolute atomic E-state index is 13.0. The van der Waals surface area contributed by atoms with Crippen molar-refractivity contribution in [2.24, 2.45) is 5.73 Å². The molecule has 3 N–H and O–H groups in total. The minimum absolute atomic E-state index is 0.0555. The average molecular weight is 417 g/mol. The van der Waals surface area contributed by atoms with Gasteiger partial charge in [0.2, 0.25) is 0 Å². The standard InChI is InChI=1S/C23H20N4O2S/c1-13-7-9-15(10-8-13)11-20-25-14(2)23(30-20)27-22(29)17-12-19(21(24)28)26-18-6-4-3-5-16(17)18/h3-10,12H,11H2,1-2H3,(H2,24,28)(H,27,29). The molecule has 0 radical (unpaired) electrons. The number of nitrogens with two attached hydrogens (primary N) is 1. The van der Waals surface area contributed by atoms with E-state index in [0.717, 1.165) is 10.7 Å². The third-order valence-corrected chi connectivity index (χ3v) is 5.83. The SMILES string of the molecule is Cc1ccc(Cc2nc(C)c(NC(=O)c3cc(C(N)=O)nc4ccccc34)s2)cc1. The van der Waals surface area contributed by atoms with Crippen molar-refractivity contribution in [1.82, 2.24) is 9.97 Å². The lowest BCUT2D eigenvalue weighted by molar-refractivity contribution is 0.0996. The third kappa shape index (κ3) is 4.06. The molecule has 2 amide bonds. The molecule has 0 saturated carbocycles. The fraction of sp³-hybridized carbons (Fsp3) is 0.130. The molecule has 7 heteroatoms. The zero-order valence-corrected chi connectivity index (χ0v) is 17.4. The first kappa shape index (κ1) is 19.7. The number of rotatable bonds is 5. The van der Waals surface area contributed by atoms with Crippen molar-refractivity contribution in [1.29, 1.82) is 0 Å². The van der Waals surface area contributed by atoms with Crippen LogP contribution < -0.4 is 11.1 Å². The molecule has 4 rings (SSSR count). The van der Waals surface area contributed by atoms with E-state index in [4.69, 9.17) is 5.73 Å². The maximum atomic E-state index is 13.0. The smallest absolute Gasteiger partial charge is 0.267 e. The van der Waals surface area contributed by atoms with E-state index in [1.54, 1.807) is 18.2 Å². The van der Waals surface area contributed by atoms with E-state index in [0.29, 0.717) is 27.9 Å². The minimum Gasteiger partial charge on any atom is -0.364 e. The second-order valence-corrected chi connectivity index (χ2v) is 8.16. The first-order chi connectivity index (χ1) is 14.4. The number of aryl methyl sites for hydroxylation is 2. The summed E-state index contributed by atoms with van der Waals surface area (Å²) in [5, 5.41) is 5.20. The molecule has 2 aromatic carbocycles. The highest BCUT2D eigenvalue weighted by atomic mass is 32.1. The monoisotopic (exact) mass is 416 g/mol. The van der Waals surface area contributed by atoms with Gasteiger partial charge in [-0.25, -0.2) is 9.97 Å². The number of carbonyl (C=O) groups excluding carboxylic acids is 2. The molecule has 0 aliphatic carbocycles. The Hall–Kier alpha value is -3.58. The van der Waals surface area contributed by atoms with Crippen molar-refractivity contribution >= 4 is 39.1 Å². The third-order valence-electron chi connectivity index (χ3n) is 4.76. The molecule has 2 aromatic heterocycles. The average Bonchev–Trinajstić information content (AvgIpc) is 3.07. The van der Waals surface area contributed by atoms with E-state index < -0.39 is 5.91 Å². The van der Waals surface area contributed by atoms with E-state index in [1.807, 2.05) is 13.0 Å². The molecule has 4 aromatic rings. The van der Waals surface area contributed by atoms with Gasteiger partial charge >= 0.3 is 0 Å². The molecule has 0 saturated heterocycles. The van der Waals surface area contributed by atoms with Gasteiger partial charge in [-0.2, -0.15) is 0 Å². The Morgan fingerprint density at radius 2 is 1.77 bits per heavy atom. The highest BCUT2D eigenvalue weighted by molar-refractivity contribution is 7.16. The number of anilines is 1. The van der Waals surface area contributed by atoms with Gasteiger partial charge in [-0.3, -0.25) is 9.59 Å². The number of aromatic nitrogens is 2. The molecule has 30 heavy (non-hydrogen) atoms. The molecular weight excluding hydrogens is 396 g/mol. The van der Waals surface area contributed by atoms with Gasteiger partial charge in [-0.05, 0) is 31.5 Å². The number of benzene rings is 2. The van der Waals surface area contributed by atoms with E-state index >= 15 is 0 Å². The zero-order chi connectivity index (χ0) is 21.3. The summed E-state index contributed by atoms with van der Waals surface area (Å²) in [7, 11) is 0. The molecule has 2 heterocycles. The number of primary amides is 1. The molecule has 0 unspecified atom stereocenters. The van der Waals surface area contributed by atoms with Gasteiger partial charge < -0.3 is 11.1 Å². The lowest BCUT2D eigenvalue weighted by atomic mass is 10.1. The zero-order valence-electron chi connectivity index (χ0n) is 16.6. The van der Waals surface area contributed by atoms with Crippen LogP contribution in [-0.2, 0) is 6.42 Å². The number of carbonyl (C=O) groups is 2. The van der Waals surface area contributed by atoms with Gasteiger partial charge in [0.1, 0.15) is 10.7 Å². The van der Waals surface area contributed by atoms with Gasteiger partial charge in [-0.15, -0.1) is 11.3 Å². The number of amides is 2. The number of nitrogens with one attached hydrogen (secondary N) is 1. The maximum Gasteiger partial charge on any atom is 0.267 e. The van der Waals surface area contributed by atoms with Gasteiger partial charge in [0.15, 0.2) is 0 Å². The van der Waals surface area contributed by atoms with Crippen LogP contribution in [0.25, 0.3) is 10.9 Å². The molecule has 0 bridgehead atoms. The van der Waals surface area contributed by atoms with E-state index in [-0.39, 0.29) is 11.6 Å². The highest BCUT2D eigenvalue weighted by Crippen LogP contribution is 2.27. The largest absolute Gasteiger partial charge is 0.364 e. The Morgan fingerprint density at radius 3 is 2.50 bits per heavy atom. The van der Waals surface area contributed by atoms with Gasteiger partial charge in [0, 0.05) is 11.8 Å². The first-order valence-corrected chi connectivity index (χ1v) is 10.2. The molecular formula is C23H20N4O2S. The first-order valence-electron chi connectivity index (χ1n) is 9.43. The van der Waals surface area contributed by atoms with Crippen LogP contribution in [0.5, 0.6) is 0 Å². The van der Waals surface area contributed by atoms with Crippen LogP contribution in [0.15, 0.2) is 54.6 Å². The topological polar surface area (TPSA) is 98.0 Å². The Morgan fingerprint density at radius 1 is 1.03 bits per heavy atom. The van der Waals surface area contributed by atoms with E-state index in [9.17, 15) is 9.59 Å². The van der Waals surface area contributed by atoms with Crippen LogP contribution in [0, 0.1) is 13.8 Å². The molecule has 0 aliphatic heterocycles. The van der Waals surface area contributed by atoms with Crippen LogP contribution in [0.3, 0.4) is 0 Å². The summed E-state index contributed by atoms with van der Waals surface area (Å²) in [6.07, 6.45) is 0.700. The number of pyridine rings is 1. The Bertz CT molecular complexity index is 1260. The Labute approximate surface area is 177 Å². The van der Waals surface area contributed by atoms with Gasteiger partial charge in [0.25, 0.3) is 11.8 Å². The summed E-state index contributed by atoms with van der Waals surface area (Å²) >= 11 is 1.45. The predicted molar refractivity (Wildman–Crippen MR) is 119 cm³/mol.